The number of benzene rings is 1. The molecule has 0 radical (unpaired) electrons. The Hall–Kier alpha value is -1.37. The lowest BCUT2D eigenvalue weighted by Gasteiger charge is -2.18. The molecule has 0 aromatic heterocycles. The van der Waals surface area contributed by atoms with Gasteiger partial charge in [-0.15, -0.1) is 0 Å². The highest BCUT2D eigenvalue weighted by atomic mass is 35.5. The van der Waals surface area contributed by atoms with Gasteiger partial charge >= 0.3 is 0 Å². The van der Waals surface area contributed by atoms with E-state index in [1.807, 2.05) is 6.92 Å². The summed E-state index contributed by atoms with van der Waals surface area (Å²) in [5.74, 6) is 0.0484. The van der Waals surface area contributed by atoms with Crippen molar-refractivity contribution in [3.8, 4) is 0 Å². The van der Waals surface area contributed by atoms with Gasteiger partial charge in [-0.05, 0) is 37.0 Å². The van der Waals surface area contributed by atoms with E-state index < -0.39 is 10.0 Å². The van der Waals surface area contributed by atoms with Crippen LogP contribution in [0.25, 0.3) is 0 Å². The Morgan fingerprint density at radius 1 is 1.55 bits per heavy atom. The summed E-state index contributed by atoms with van der Waals surface area (Å²) in [7, 11) is -3.42. The van der Waals surface area contributed by atoms with E-state index in [0.717, 1.165) is 17.4 Å². The first-order valence-electron chi connectivity index (χ1n) is 7.00. The van der Waals surface area contributed by atoms with Crippen molar-refractivity contribution < 1.29 is 13.2 Å². The fraction of sp³-hybridized carbons (Fsp3) is 0.400. The lowest BCUT2D eigenvalue weighted by atomic mass is 10.1. The van der Waals surface area contributed by atoms with Crippen LogP contribution in [-0.4, -0.2) is 38.9 Å². The maximum atomic E-state index is 12.5. The minimum Gasteiger partial charge on any atom is -0.338 e. The van der Waals surface area contributed by atoms with Gasteiger partial charge in [-0.25, -0.2) is 13.1 Å². The van der Waals surface area contributed by atoms with Gasteiger partial charge in [0.1, 0.15) is 0 Å². The van der Waals surface area contributed by atoms with Crippen LogP contribution in [0.2, 0.25) is 5.02 Å². The molecule has 2 rings (SSSR count). The van der Waals surface area contributed by atoms with Crippen molar-refractivity contribution in [2.24, 2.45) is 5.92 Å². The van der Waals surface area contributed by atoms with E-state index in [9.17, 15) is 13.2 Å². The van der Waals surface area contributed by atoms with E-state index in [4.69, 9.17) is 11.6 Å². The second kappa shape index (κ2) is 6.81. The van der Waals surface area contributed by atoms with Crippen molar-refractivity contribution in [1.29, 1.82) is 0 Å². The van der Waals surface area contributed by atoms with E-state index >= 15 is 0 Å². The van der Waals surface area contributed by atoms with Gasteiger partial charge < -0.3 is 4.90 Å². The number of carbonyl (C=O) groups excluding carboxylic acids is 1. The van der Waals surface area contributed by atoms with Crippen molar-refractivity contribution in [1.82, 2.24) is 9.62 Å². The zero-order chi connectivity index (χ0) is 16.3. The standard InChI is InChI=1S/C15H19ClN2O3S/c1-3-22(20,21)17-9-12-7-8-18(10-12)15(19)13-5-4-6-14(16)11(13)2/h3-6,12,17H,1,7-10H2,2H3. The van der Waals surface area contributed by atoms with Gasteiger partial charge in [-0.2, -0.15) is 0 Å². The molecule has 1 heterocycles. The molecule has 1 aliphatic rings. The maximum absolute atomic E-state index is 12.5. The molecular weight excluding hydrogens is 324 g/mol. The fourth-order valence-electron chi connectivity index (χ4n) is 2.49. The number of nitrogens with one attached hydrogen (secondary N) is 1. The largest absolute Gasteiger partial charge is 0.338 e. The van der Waals surface area contributed by atoms with E-state index in [-0.39, 0.29) is 11.8 Å². The Labute approximate surface area is 136 Å². The van der Waals surface area contributed by atoms with Gasteiger partial charge in [0, 0.05) is 35.6 Å². The quantitative estimate of drug-likeness (QED) is 0.891. The Balaban J connectivity index is 1.99. The summed E-state index contributed by atoms with van der Waals surface area (Å²) < 4.78 is 25.2. The third-order valence-corrected chi connectivity index (χ3v) is 5.28. The molecule has 7 heteroatoms. The lowest BCUT2D eigenvalue weighted by molar-refractivity contribution is 0.0787. The Kier molecular flexibility index (Phi) is 5.26. The average molecular weight is 343 g/mol. The van der Waals surface area contributed by atoms with Gasteiger partial charge in [0.15, 0.2) is 0 Å². The van der Waals surface area contributed by atoms with Gasteiger partial charge in [0.2, 0.25) is 10.0 Å². The summed E-state index contributed by atoms with van der Waals surface area (Å²) in [5, 5.41) is 1.46. The second-order valence-corrected chi connectivity index (χ2v) is 7.50. The average Bonchev–Trinajstić information content (AvgIpc) is 2.96. The van der Waals surface area contributed by atoms with Crippen molar-refractivity contribution in [2.45, 2.75) is 13.3 Å². The zero-order valence-corrected chi connectivity index (χ0v) is 14.0. The Bertz CT molecular complexity index is 688. The molecule has 0 bridgehead atoms. The molecule has 22 heavy (non-hydrogen) atoms. The van der Waals surface area contributed by atoms with Gasteiger partial charge in [-0.3, -0.25) is 4.79 Å². The molecule has 1 amide bonds. The van der Waals surface area contributed by atoms with Crippen LogP contribution in [0.4, 0.5) is 0 Å². The molecule has 5 nitrogen and oxygen atoms in total. The van der Waals surface area contributed by atoms with Gasteiger partial charge in [0.25, 0.3) is 5.91 Å². The van der Waals surface area contributed by atoms with Crippen LogP contribution in [0, 0.1) is 12.8 Å². The van der Waals surface area contributed by atoms with Crippen molar-refractivity contribution in [3.05, 3.63) is 46.3 Å². The van der Waals surface area contributed by atoms with Crippen LogP contribution >= 0.6 is 11.6 Å². The minimum absolute atomic E-state index is 0.0610. The summed E-state index contributed by atoms with van der Waals surface area (Å²) in [4.78, 5) is 14.3. The number of nitrogens with zero attached hydrogens (tertiary/aromatic N) is 1. The highest BCUT2D eigenvalue weighted by molar-refractivity contribution is 7.92. The van der Waals surface area contributed by atoms with Crippen LogP contribution in [0.15, 0.2) is 30.2 Å². The number of rotatable bonds is 5. The summed E-state index contributed by atoms with van der Waals surface area (Å²) in [6.07, 6.45) is 0.769. The van der Waals surface area contributed by atoms with Crippen LogP contribution in [0.1, 0.15) is 22.3 Å². The molecule has 1 fully saturated rings. The molecular formula is C15H19ClN2O3S. The van der Waals surface area contributed by atoms with E-state index in [1.165, 1.54) is 0 Å². The normalized spacial score (nSPS) is 18.5. The summed E-state index contributed by atoms with van der Waals surface area (Å²) >= 11 is 6.05. The topological polar surface area (TPSA) is 66.5 Å². The van der Waals surface area contributed by atoms with Gasteiger partial charge in [-0.1, -0.05) is 24.2 Å². The van der Waals surface area contributed by atoms with Crippen LogP contribution in [0.5, 0.6) is 0 Å². The first-order valence-corrected chi connectivity index (χ1v) is 8.93. The lowest BCUT2D eigenvalue weighted by Crippen LogP contribution is -2.32. The number of hydrogen-bond donors (Lipinski definition) is 1. The molecule has 1 atom stereocenters. The van der Waals surface area contributed by atoms with Crippen molar-refractivity contribution >= 4 is 27.5 Å². The zero-order valence-electron chi connectivity index (χ0n) is 12.4. The Morgan fingerprint density at radius 2 is 2.27 bits per heavy atom. The first-order chi connectivity index (χ1) is 10.3. The maximum Gasteiger partial charge on any atom is 0.254 e. The van der Waals surface area contributed by atoms with Crippen molar-refractivity contribution in [2.75, 3.05) is 19.6 Å². The van der Waals surface area contributed by atoms with E-state index in [0.29, 0.717) is 30.2 Å². The number of sulfonamides is 1. The fourth-order valence-corrected chi connectivity index (χ4v) is 3.25. The molecule has 1 N–H and O–H groups in total. The predicted octanol–water partition coefficient (Wildman–Crippen LogP) is 2.17. The van der Waals surface area contributed by atoms with E-state index in [2.05, 4.69) is 11.3 Å². The minimum atomic E-state index is -3.42. The molecule has 0 spiro atoms. The number of amides is 1. The summed E-state index contributed by atoms with van der Waals surface area (Å²) in [6, 6.07) is 5.27. The monoisotopic (exact) mass is 342 g/mol. The molecule has 1 aromatic carbocycles. The molecule has 1 unspecified atom stereocenters. The number of carbonyl (C=O) groups is 1. The van der Waals surface area contributed by atoms with Crippen molar-refractivity contribution in [3.63, 3.8) is 0 Å². The smallest absolute Gasteiger partial charge is 0.254 e. The second-order valence-electron chi connectivity index (χ2n) is 5.38. The Morgan fingerprint density at radius 3 is 2.95 bits per heavy atom. The summed E-state index contributed by atoms with van der Waals surface area (Å²) in [5.41, 5.74) is 1.37. The molecule has 0 aliphatic carbocycles. The highest BCUT2D eigenvalue weighted by Gasteiger charge is 2.28. The summed E-state index contributed by atoms with van der Waals surface area (Å²) in [6.45, 7) is 6.53. The van der Waals surface area contributed by atoms with Crippen LogP contribution < -0.4 is 4.72 Å². The third kappa shape index (κ3) is 3.88. The number of hydrogen-bond acceptors (Lipinski definition) is 3. The highest BCUT2D eigenvalue weighted by Crippen LogP contribution is 2.23. The predicted molar refractivity (Wildman–Crippen MR) is 87.3 cm³/mol. The molecule has 1 saturated heterocycles. The van der Waals surface area contributed by atoms with Crippen LogP contribution in [-0.2, 0) is 10.0 Å². The molecule has 1 aliphatic heterocycles. The molecule has 120 valence electrons. The number of halogens is 1. The van der Waals surface area contributed by atoms with Gasteiger partial charge in [0.05, 0.1) is 0 Å². The number of likely N-dealkylation sites (tertiary alicyclic amines) is 1. The van der Waals surface area contributed by atoms with Crippen LogP contribution in [0.3, 0.4) is 0 Å². The third-order valence-electron chi connectivity index (χ3n) is 3.86. The molecule has 0 saturated carbocycles. The first kappa shape index (κ1) is 17.0. The molecule has 1 aromatic rings. The van der Waals surface area contributed by atoms with E-state index in [1.54, 1.807) is 23.1 Å². The SMILES string of the molecule is C=CS(=O)(=O)NCC1CCN(C(=O)c2cccc(Cl)c2C)C1.